The number of nitrogens with one attached hydrogen (secondary N) is 1. The first-order valence-electron chi connectivity index (χ1n) is 11.3. The highest BCUT2D eigenvalue weighted by molar-refractivity contribution is 9.10. The van der Waals surface area contributed by atoms with E-state index in [9.17, 15) is 19.5 Å². The lowest BCUT2D eigenvalue weighted by atomic mass is 9.91. The van der Waals surface area contributed by atoms with Gasteiger partial charge in [0.25, 0.3) is 0 Å². The van der Waals surface area contributed by atoms with Crippen molar-refractivity contribution in [2.45, 2.75) is 37.3 Å². The van der Waals surface area contributed by atoms with Gasteiger partial charge >= 0.3 is 12.1 Å². The maximum atomic E-state index is 13.3. The molecular weight excluding hydrogens is 500 g/mol. The Balaban J connectivity index is 1.35. The van der Waals surface area contributed by atoms with Crippen molar-refractivity contribution in [3.63, 3.8) is 0 Å². The van der Waals surface area contributed by atoms with E-state index < -0.39 is 12.1 Å². The predicted octanol–water partition coefficient (Wildman–Crippen LogP) is 4.06. The van der Waals surface area contributed by atoms with Gasteiger partial charge in [0.05, 0.1) is 23.9 Å². The Hall–Kier alpha value is -3.17. The van der Waals surface area contributed by atoms with Crippen LogP contribution in [0.5, 0.6) is 0 Å². The van der Waals surface area contributed by atoms with Crippen molar-refractivity contribution < 1.29 is 19.5 Å². The average molecular weight is 525 g/mol. The number of aliphatic hydroxyl groups is 1. The minimum absolute atomic E-state index is 0.0388. The SMILES string of the molecule is NC(=O)n1cc(NC(=O)N2[C@@H]3C[C@@H]3C[C@H]2C(=O)C[C@H](CO)c2cccc(Br)c2)c2ccccc21. The molecule has 0 bridgehead atoms. The Labute approximate surface area is 204 Å². The summed E-state index contributed by atoms with van der Waals surface area (Å²) in [5, 5.41) is 13.5. The van der Waals surface area contributed by atoms with Gasteiger partial charge in [-0.15, -0.1) is 0 Å². The van der Waals surface area contributed by atoms with E-state index in [0.717, 1.165) is 16.5 Å². The number of piperidine rings is 1. The number of halogens is 1. The number of carbonyl (C=O) groups excluding carboxylic acids is 3. The van der Waals surface area contributed by atoms with Crippen molar-refractivity contribution in [3.05, 3.63) is 64.8 Å². The molecule has 0 radical (unpaired) electrons. The molecule has 1 saturated carbocycles. The number of fused-ring (bicyclic) bond motifs is 2. The monoisotopic (exact) mass is 524 g/mol. The zero-order valence-corrected chi connectivity index (χ0v) is 19.9. The lowest BCUT2D eigenvalue weighted by molar-refractivity contribution is -0.123. The number of carbonyl (C=O) groups is 3. The van der Waals surface area contributed by atoms with E-state index in [2.05, 4.69) is 21.2 Å². The molecule has 1 saturated heterocycles. The molecule has 176 valence electrons. The fourth-order valence-electron chi connectivity index (χ4n) is 5.10. The summed E-state index contributed by atoms with van der Waals surface area (Å²) in [5.74, 6) is -0.0635. The van der Waals surface area contributed by atoms with Crippen molar-refractivity contribution in [1.29, 1.82) is 0 Å². The summed E-state index contributed by atoms with van der Waals surface area (Å²) in [7, 11) is 0. The van der Waals surface area contributed by atoms with E-state index >= 15 is 0 Å². The number of hydrogen-bond acceptors (Lipinski definition) is 4. The molecule has 9 heteroatoms. The minimum atomic E-state index is -0.643. The summed E-state index contributed by atoms with van der Waals surface area (Å²) in [6.45, 7) is -0.152. The van der Waals surface area contributed by atoms with Crippen LogP contribution in [-0.4, -0.2) is 51.1 Å². The minimum Gasteiger partial charge on any atom is -0.396 e. The number of primary amides is 1. The second-order valence-corrected chi connectivity index (χ2v) is 9.94. The van der Waals surface area contributed by atoms with Crippen LogP contribution in [0.2, 0.25) is 0 Å². The van der Waals surface area contributed by atoms with Gasteiger partial charge in [0, 0.05) is 34.4 Å². The molecule has 34 heavy (non-hydrogen) atoms. The van der Waals surface area contributed by atoms with Crippen molar-refractivity contribution in [2.75, 3.05) is 11.9 Å². The highest BCUT2D eigenvalue weighted by atomic mass is 79.9. The van der Waals surface area contributed by atoms with Gasteiger partial charge < -0.3 is 21.1 Å². The van der Waals surface area contributed by atoms with Crippen molar-refractivity contribution in [3.8, 4) is 0 Å². The van der Waals surface area contributed by atoms with Gasteiger partial charge in [0.1, 0.15) is 0 Å². The molecule has 5 rings (SSSR count). The number of nitrogens with two attached hydrogens (primary N) is 1. The molecule has 2 aliphatic rings. The molecule has 1 aromatic heterocycles. The molecule has 0 unspecified atom stereocenters. The van der Waals surface area contributed by atoms with Crippen molar-refractivity contribution >= 4 is 50.4 Å². The number of aromatic nitrogens is 1. The smallest absolute Gasteiger partial charge is 0.323 e. The Morgan fingerprint density at radius 2 is 1.94 bits per heavy atom. The van der Waals surface area contributed by atoms with E-state index in [-0.39, 0.29) is 36.8 Å². The van der Waals surface area contributed by atoms with Gasteiger partial charge in [0.15, 0.2) is 5.78 Å². The van der Waals surface area contributed by atoms with Gasteiger partial charge in [-0.25, -0.2) is 9.59 Å². The van der Waals surface area contributed by atoms with E-state index in [1.807, 2.05) is 30.3 Å². The van der Waals surface area contributed by atoms with Crippen LogP contribution in [0.4, 0.5) is 15.3 Å². The zero-order chi connectivity index (χ0) is 24.0. The summed E-state index contributed by atoms with van der Waals surface area (Å²) in [5.41, 5.74) is 7.43. The number of Topliss-reactive ketones (excluding diaryl/α,β-unsaturated/α-hetero) is 1. The fourth-order valence-corrected chi connectivity index (χ4v) is 5.52. The maximum Gasteiger partial charge on any atom is 0.323 e. The van der Waals surface area contributed by atoms with Gasteiger partial charge in [-0.05, 0) is 42.5 Å². The molecule has 0 spiro atoms. The quantitative estimate of drug-likeness (QED) is 0.450. The Bertz CT molecular complexity index is 1290. The number of ketones is 1. The molecular formula is C25H25BrN4O4. The Morgan fingerprint density at radius 1 is 1.15 bits per heavy atom. The largest absolute Gasteiger partial charge is 0.396 e. The molecule has 4 atom stereocenters. The molecule has 1 aliphatic carbocycles. The number of para-hydroxylation sites is 1. The lowest BCUT2D eigenvalue weighted by Crippen LogP contribution is -2.45. The number of hydrogen-bond donors (Lipinski definition) is 3. The molecule has 2 aromatic carbocycles. The number of rotatable bonds is 6. The third-order valence-electron chi connectivity index (χ3n) is 6.89. The number of nitrogens with zero attached hydrogens (tertiary/aromatic N) is 2. The van der Waals surface area contributed by atoms with Crippen LogP contribution < -0.4 is 11.1 Å². The van der Waals surface area contributed by atoms with Crippen LogP contribution in [0.15, 0.2) is 59.2 Å². The number of benzene rings is 2. The summed E-state index contributed by atoms with van der Waals surface area (Å²) >= 11 is 3.44. The second-order valence-electron chi connectivity index (χ2n) is 9.03. The zero-order valence-electron chi connectivity index (χ0n) is 18.4. The van der Waals surface area contributed by atoms with Crippen molar-refractivity contribution in [1.82, 2.24) is 9.47 Å². The predicted molar refractivity (Wildman–Crippen MR) is 132 cm³/mol. The van der Waals surface area contributed by atoms with Crippen LogP contribution >= 0.6 is 15.9 Å². The van der Waals surface area contributed by atoms with Crippen LogP contribution in [0.3, 0.4) is 0 Å². The summed E-state index contributed by atoms with van der Waals surface area (Å²) in [6, 6.07) is 13.2. The Kier molecular flexibility index (Phi) is 5.91. The summed E-state index contributed by atoms with van der Waals surface area (Å²) < 4.78 is 2.18. The molecule has 2 fully saturated rings. The summed E-state index contributed by atoms with van der Waals surface area (Å²) in [6.07, 6.45) is 3.19. The molecule has 1 aliphatic heterocycles. The van der Waals surface area contributed by atoms with Crippen LogP contribution in [0.1, 0.15) is 30.7 Å². The molecule has 8 nitrogen and oxygen atoms in total. The maximum absolute atomic E-state index is 13.3. The topological polar surface area (TPSA) is 118 Å². The molecule has 3 aromatic rings. The van der Waals surface area contributed by atoms with E-state index in [1.54, 1.807) is 23.1 Å². The van der Waals surface area contributed by atoms with Gasteiger partial charge in [-0.1, -0.05) is 46.3 Å². The first-order chi connectivity index (χ1) is 16.4. The summed E-state index contributed by atoms with van der Waals surface area (Å²) in [4.78, 5) is 40.1. The van der Waals surface area contributed by atoms with E-state index in [1.165, 1.54) is 10.8 Å². The van der Waals surface area contributed by atoms with Gasteiger partial charge in [-0.3, -0.25) is 9.36 Å². The van der Waals surface area contributed by atoms with Gasteiger partial charge in [0.2, 0.25) is 0 Å². The van der Waals surface area contributed by atoms with Crippen LogP contribution in [0.25, 0.3) is 10.9 Å². The number of amides is 3. The van der Waals surface area contributed by atoms with Crippen LogP contribution in [0, 0.1) is 5.92 Å². The number of aliphatic hydroxyl groups excluding tert-OH is 1. The molecule has 3 amide bonds. The van der Waals surface area contributed by atoms with Crippen molar-refractivity contribution in [2.24, 2.45) is 11.7 Å². The van der Waals surface area contributed by atoms with E-state index in [0.29, 0.717) is 28.9 Å². The van der Waals surface area contributed by atoms with E-state index in [4.69, 9.17) is 5.73 Å². The fraction of sp³-hybridized carbons (Fsp3) is 0.320. The number of likely N-dealkylation sites (tertiary alicyclic amines) is 1. The number of urea groups is 1. The second kappa shape index (κ2) is 8.88. The normalized spacial score (nSPS) is 21.8. The van der Waals surface area contributed by atoms with Crippen LogP contribution in [-0.2, 0) is 4.79 Å². The standard InChI is InChI=1S/C25H25BrN4O4/c26-17-5-3-4-14(8-17)16(13-31)11-23(32)22-10-15-9-21(15)30(22)25(34)28-19-12-29(24(27)33)20-7-2-1-6-18(19)20/h1-8,12,15-16,21-22,31H,9-11,13H2,(H2,27,33)(H,28,34)/t15-,16-,21-,22+/m1/s1. The third kappa shape index (κ3) is 4.10. The lowest BCUT2D eigenvalue weighted by Gasteiger charge is -2.28. The highest BCUT2D eigenvalue weighted by Gasteiger charge is 2.56. The molecule has 4 N–H and O–H groups in total. The molecule has 2 heterocycles. The highest BCUT2D eigenvalue weighted by Crippen LogP contribution is 2.49. The van der Waals surface area contributed by atoms with Gasteiger partial charge in [-0.2, -0.15) is 0 Å². The number of anilines is 1. The third-order valence-corrected chi connectivity index (χ3v) is 7.38. The first kappa shape index (κ1) is 22.6. The average Bonchev–Trinajstić information content (AvgIpc) is 3.32. The first-order valence-corrected chi connectivity index (χ1v) is 12.0. The Morgan fingerprint density at radius 3 is 2.68 bits per heavy atom.